The number of thioether (sulfide) groups is 2. The molecule has 0 radical (unpaired) electrons. The number of aromatic hydroxyl groups is 2. The maximum absolute atomic E-state index is 12.7. The smallest absolute Gasteiger partial charge is 0.338 e. The highest BCUT2D eigenvalue weighted by atomic mass is 32.2. The normalized spacial score (nSPS) is 24.8. The molecule has 1 heterocycles. The van der Waals surface area contributed by atoms with Crippen LogP contribution in [0, 0.1) is 6.57 Å². The van der Waals surface area contributed by atoms with Gasteiger partial charge in [-0.25, -0.2) is 4.85 Å². The largest absolute Gasteiger partial charge is 0.506 e. The molecule has 4 aliphatic rings. The number of phenols is 2. The van der Waals surface area contributed by atoms with Crippen molar-refractivity contribution in [2.75, 3.05) is 13.7 Å². The summed E-state index contributed by atoms with van der Waals surface area (Å²) >= 11 is 2.31. The Hall–Kier alpha value is -3.38. The van der Waals surface area contributed by atoms with Crippen molar-refractivity contribution in [1.82, 2.24) is 0 Å². The topological polar surface area (TPSA) is 80.4 Å². The van der Waals surface area contributed by atoms with Crippen LogP contribution in [0.2, 0.25) is 0 Å². The minimum atomic E-state index is -0.711. The number of benzene rings is 3. The van der Waals surface area contributed by atoms with Gasteiger partial charge in [0, 0.05) is 41.9 Å². The third-order valence-electron chi connectivity index (χ3n) is 8.41. The summed E-state index contributed by atoms with van der Waals surface area (Å²) in [6.07, 6.45) is 0.452. The minimum Gasteiger partial charge on any atom is -0.506 e. The highest BCUT2D eigenvalue weighted by Crippen LogP contribution is 2.80. The molecule has 8 heteroatoms. The van der Waals surface area contributed by atoms with Gasteiger partial charge in [-0.05, 0) is 29.2 Å². The zero-order chi connectivity index (χ0) is 26.3. The van der Waals surface area contributed by atoms with Crippen molar-refractivity contribution in [3.05, 3.63) is 103 Å². The van der Waals surface area contributed by atoms with E-state index >= 15 is 0 Å². The quantitative estimate of drug-likeness (QED) is 0.171. The number of carbonyl (C=O) groups excluding carboxylic acids is 1. The van der Waals surface area contributed by atoms with Crippen LogP contribution in [0.1, 0.15) is 58.6 Å². The van der Waals surface area contributed by atoms with E-state index in [0.29, 0.717) is 20.4 Å². The summed E-state index contributed by atoms with van der Waals surface area (Å²) < 4.78 is 10.9. The molecule has 7 rings (SSSR count). The highest BCUT2D eigenvalue weighted by molar-refractivity contribution is 8.24. The van der Waals surface area contributed by atoms with Crippen LogP contribution in [0.4, 0.5) is 0 Å². The van der Waals surface area contributed by atoms with Crippen LogP contribution < -0.4 is 0 Å². The number of rotatable bonds is 5. The van der Waals surface area contributed by atoms with Gasteiger partial charge in [0.25, 0.3) is 5.70 Å². The summed E-state index contributed by atoms with van der Waals surface area (Å²) in [6, 6.07) is 16.7. The van der Waals surface area contributed by atoms with E-state index in [1.54, 1.807) is 7.11 Å². The number of ether oxygens (including phenoxy) is 2. The lowest BCUT2D eigenvalue weighted by Gasteiger charge is -2.58. The Balaban J connectivity index is 1.32. The number of nitrogens with zero attached hydrogens (tertiary/aromatic N) is 1. The molecule has 2 N–H and O–H groups in total. The monoisotopic (exact) mass is 541 g/mol. The number of hydrogen-bond acceptors (Lipinski definition) is 7. The molecular weight excluding hydrogens is 518 g/mol. The van der Waals surface area contributed by atoms with Crippen LogP contribution in [-0.4, -0.2) is 36.0 Å². The summed E-state index contributed by atoms with van der Waals surface area (Å²) in [4.78, 5) is 17.2. The molecule has 0 saturated heterocycles. The number of carbonyl (C=O) groups is 1. The fourth-order valence-corrected chi connectivity index (χ4v) is 9.29. The van der Waals surface area contributed by atoms with Crippen molar-refractivity contribution in [2.24, 2.45) is 0 Å². The molecule has 38 heavy (non-hydrogen) atoms. The highest BCUT2D eigenvalue weighted by Gasteiger charge is 2.71. The van der Waals surface area contributed by atoms with E-state index in [-0.39, 0.29) is 47.2 Å². The molecule has 3 unspecified atom stereocenters. The lowest BCUT2D eigenvalue weighted by atomic mass is 9.43. The average molecular weight is 542 g/mol. The van der Waals surface area contributed by atoms with E-state index < -0.39 is 5.97 Å². The molecule has 3 aliphatic carbocycles. The molecule has 1 spiro atoms. The Morgan fingerprint density at radius 2 is 1.53 bits per heavy atom. The Labute approximate surface area is 228 Å². The summed E-state index contributed by atoms with van der Waals surface area (Å²) in [5.41, 5.74) is 5.95. The molecule has 0 fully saturated rings. The Bertz CT molecular complexity index is 1540. The molecule has 3 aromatic carbocycles. The molecule has 3 aromatic rings. The van der Waals surface area contributed by atoms with Crippen molar-refractivity contribution < 1.29 is 24.5 Å². The lowest BCUT2D eigenvalue weighted by molar-refractivity contribution is -0.139. The molecular formula is C30H23NO5S2. The number of phenolic OH excluding ortho intramolecular Hbond substituents is 2. The van der Waals surface area contributed by atoms with Crippen LogP contribution >= 0.6 is 23.5 Å². The number of fused-ring (bicyclic) bond motifs is 8. The van der Waals surface area contributed by atoms with Crippen LogP contribution in [0.25, 0.3) is 4.85 Å². The molecule has 4 atom stereocenters. The van der Waals surface area contributed by atoms with Gasteiger partial charge in [0.2, 0.25) is 0 Å². The first-order valence-corrected chi connectivity index (χ1v) is 14.1. The average Bonchev–Trinajstić information content (AvgIpc) is 3.44. The van der Waals surface area contributed by atoms with Crippen molar-refractivity contribution >= 4 is 29.5 Å². The van der Waals surface area contributed by atoms with Crippen molar-refractivity contribution in [3.8, 4) is 11.5 Å². The number of methoxy groups -OCH3 is 1. The third-order valence-corrected chi connectivity index (χ3v) is 11.0. The van der Waals surface area contributed by atoms with Crippen molar-refractivity contribution in [2.45, 2.75) is 46.5 Å². The predicted octanol–water partition coefficient (Wildman–Crippen LogP) is 6.24. The van der Waals surface area contributed by atoms with Gasteiger partial charge in [-0.3, -0.25) is 4.79 Å². The molecule has 6 nitrogen and oxygen atoms in total. The summed E-state index contributed by atoms with van der Waals surface area (Å²) in [5, 5.41) is 23.4. The minimum absolute atomic E-state index is 0.0588. The fraction of sp³-hybridized carbons (Fsp3) is 0.267. The first-order chi connectivity index (χ1) is 18.4. The Morgan fingerprint density at radius 1 is 1.00 bits per heavy atom. The maximum atomic E-state index is 12.7. The first kappa shape index (κ1) is 23.7. The lowest BCUT2D eigenvalue weighted by Crippen LogP contribution is -2.52. The second-order valence-corrected chi connectivity index (χ2v) is 12.3. The zero-order valence-corrected chi connectivity index (χ0v) is 22.3. The molecule has 0 amide bonds. The van der Waals surface area contributed by atoms with Crippen molar-refractivity contribution in [1.29, 1.82) is 0 Å². The maximum Gasteiger partial charge on any atom is 0.338 e. The first-order valence-electron chi connectivity index (χ1n) is 12.4. The van der Waals surface area contributed by atoms with Crippen LogP contribution in [0.15, 0.2) is 68.3 Å². The van der Waals surface area contributed by atoms with E-state index in [4.69, 9.17) is 16.0 Å². The Morgan fingerprint density at radius 3 is 2.03 bits per heavy atom. The van der Waals surface area contributed by atoms with Gasteiger partial charge in [-0.15, -0.1) is 0 Å². The zero-order valence-electron chi connectivity index (χ0n) is 20.6. The van der Waals surface area contributed by atoms with E-state index in [9.17, 15) is 15.0 Å². The number of esters is 1. The van der Waals surface area contributed by atoms with Crippen LogP contribution in [-0.2, 0) is 19.7 Å². The van der Waals surface area contributed by atoms with Gasteiger partial charge in [0.05, 0.1) is 33.3 Å². The van der Waals surface area contributed by atoms with Gasteiger partial charge >= 0.3 is 5.97 Å². The molecule has 0 saturated carbocycles. The van der Waals surface area contributed by atoms with E-state index in [2.05, 4.69) is 29.1 Å². The molecule has 0 aromatic heterocycles. The van der Waals surface area contributed by atoms with Gasteiger partial charge in [-0.2, -0.15) is 0 Å². The fourth-order valence-electron chi connectivity index (χ4n) is 6.76. The van der Waals surface area contributed by atoms with E-state index in [1.165, 1.54) is 22.3 Å². The summed E-state index contributed by atoms with van der Waals surface area (Å²) in [5.74, 6) is -0.567. The summed E-state index contributed by atoms with van der Waals surface area (Å²) in [7, 11) is 1.59. The van der Waals surface area contributed by atoms with Crippen LogP contribution in [0.5, 0.6) is 11.5 Å². The van der Waals surface area contributed by atoms with Crippen LogP contribution in [0.3, 0.4) is 0 Å². The van der Waals surface area contributed by atoms with E-state index in [0.717, 1.165) is 34.7 Å². The van der Waals surface area contributed by atoms with Gasteiger partial charge < -0.3 is 19.7 Å². The predicted molar refractivity (Wildman–Crippen MR) is 145 cm³/mol. The molecule has 1 aliphatic heterocycles. The van der Waals surface area contributed by atoms with Gasteiger partial charge in [0.15, 0.2) is 0 Å². The standard InChI is InChI=1S/C30H23NO5S2/c1-14(35-3)12-13-36-28(34)23(31-2)29-37-26-24(32)19-20(25(33)27(26)38-29)22-16-9-5-7-11-18(16)30(22)17-10-6-4-8-15(17)21(19)30/h4-11,14,21-22,32-33H,12-13H2,1,3H3/t14?,21-,22?,30?/m0/s1. The van der Waals surface area contributed by atoms with Gasteiger partial charge in [-0.1, -0.05) is 72.1 Å². The second-order valence-electron chi connectivity index (χ2n) is 10.0. The Kier molecular flexibility index (Phi) is 5.19. The van der Waals surface area contributed by atoms with Crippen molar-refractivity contribution in [3.63, 3.8) is 0 Å². The molecule has 190 valence electrons. The third kappa shape index (κ3) is 2.76. The van der Waals surface area contributed by atoms with E-state index in [1.807, 2.05) is 31.2 Å². The SMILES string of the molecule is [C-]#[N+]C(C(=O)OCCC(C)OC)=C1Sc2c(O)c3c(c(O)c2S1)[C@@H]1c2ccccc2C12c1ccccc1C32. The van der Waals surface area contributed by atoms with Gasteiger partial charge in [0.1, 0.15) is 11.5 Å². The second kappa shape index (κ2) is 8.31. The molecule has 0 bridgehead atoms. The summed E-state index contributed by atoms with van der Waals surface area (Å²) in [6.45, 7) is 9.66. The number of hydrogen-bond donors (Lipinski definition) is 2.